The monoisotopic (exact) mass is 387 g/mol. The Balaban J connectivity index is 2.04. The second-order valence-corrected chi connectivity index (χ2v) is 7.76. The number of methoxy groups -OCH3 is 1. The van der Waals surface area contributed by atoms with Crippen LogP contribution in [0.5, 0.6) is 0 Å². The summed E-state index contributed by atoms with van der Waals surface area (Å²) in [7, 11) is 1.37. The average Bonchev–Trinajstić information content (AvgIpc) is 2.70. The van der Waals surface area contributed by atoms with Crippen LogP contribution in [0.4, 0.5) is 0 Å². The van der Waals surface area contributed by atoms with Crippen molar-refractivity contribution in [2.45, 2.75) is 70.8 Å². The third-order valence-electron chi connectivity index (χ3n) is 5.57. The lowest BCUT2D eigenvalue weighted by atomic mass is 9.94. The van der Waals surface area contributed by atoms with E-state index in [1.807, 2.05) is 23.1 Å². The molecule has 5 heteroatoms. The molecule has 154 valence electrons. The van der Waals surface area contributed by atoms with E-state index in [1.54, 1.807) is 19.1 Å². The molecule has 1 aromatic rings. The Morgan fingerprint density at radius 2 is 1.61 bits per heavy atom. The van der Waals surface area contributed by atoms with Gasteiger partial charge < -0.3 is 9.64 Å². The van der Waals surface area contributed by atoms with Gasteiger partial charge in [0.05, 0.1) is 13.0 Å². The molecule has 1 saturated carbocycles. The van der Waals surface area contributed by atoms with E-state index in [2.05, 4.69) is 0 Å². The predicted molar refractivity (Wildman–Crippen MR) is 109 cm³/mol. The van der Waals surface area contributed by atoms with E-state index in [1.165, 1.54) is 26.4 Å². The van der Waals surface area contributed by atoms with Crippen LogP contribution in [-0.2, 0) is 14.3 Å². The molecule has 1 amide bonds. The molecular formula is C23H33NO4. The lowest BCUT2D eigenvalue weighted by molar-refractivity contribution is -0.147. The Labute approximate surface area is 168 Å². The van der Waals surface area contributed by atoms with Gasteiger partial charge in [-0.2, -0.15) is 0 Å². The van der Waals surface area contributed by atoms with E-state index >= 15 is 0 Å². The summed E-state index contributed by atoms with van der Waals surface area (Å²) in [6, 6.07) is 9.22. The summed E-state index contributed by atoms with van der Waals surface area (Å²) >= 11 is 0. The Hall–Kier alpha value is -2.17. The van der Waals surface area contributed by atoms with Crippen LogP contribution in [0.15, 0.2) is 30.3 Å². The van der Waals surface area contributed by atoms with Crippen LogP contribution in [0.2, 0.25) is 0 Å². The standard InChI is InChI=1S/C23H33NO4/c1-18(23(27)28-2)17-24(20-13-9-4-3-5-10-14-20)22(26)16-15-21(25)19-11-7-6-8-12-19/h6-8,11-12,18,20H,3-5,9-10,13-17H2,1-2H3. The maximum atomic E-state index is 13.0. The largest absolute Gasteiger partial charge is 0.469 e. The third-order valence-corrected chi connectivity index (χ3v) is 5.57. The zero-order valence-electron chi connectivity index (χ0n) is 17.2. The fraction of sp³-hybridized carbons (Fsp3) is 0.609. The molecule has 0 saturated heterocycles. The van der Waals surface area contributed by atoms with E-state index in [-0.39, 0.29) is 42.5 Å². The van der Waals surface area contributed by atoms with Crippen molar-refractivity contribution in [1.82, 2.24) is 4.90 Å². The lowest BCUT2D eigenvalue weighted by Crippen LogP contribution is -2.44. The number of ether oxygens (including phenoxy) is 1. The molecule has 1 atom stereocenters. The highest BCUT2D eigenvalue weighted by Gasteiger charge is 2.28. The molecule has 0 spiro atoms. The van der Waals surface area contributed by atoms with Gasteiger partial charge in [-0.25, -0.2) is 0 Å². The summed E-state index contributed by atoms with van der Waals surface area (Å²) in [6.45, 7) is 2.15. The Bertz CT molecular complexity index is 635. The summed E-state index contributed by atoms with van der Waals surface area (Å²) in [5.41, 5.74) is 0.635. The fourth-order valence-corrected chi connectivity index (χ4v) is 3.90. The molecule has 0 bridgehead atoms. The molecule has 1 aromatic carbocycles. The number of carbonyl (C=O) groups excluding carboxylic acids is 3. The Morgan fingerprint density at radius 3 is 2.21 bits per heavy atom. The molecule has 0 heterocycles. The number of benzene rings is 1. The number of ketones is 1. The quantitative estimate of drug-likeness (QED) is 0.490. The van der Waals surface area contributed by atoms with Gasteiger partial charge in [0.2, 0.25) is 5.91 Å². The van der Waals surface area contributed by atoms with Gasteiger partial charge in [0.1, 0.15) is 0 Å². The number of nitrogens with zero attached hydrogens (tertiary/aromatic N) is 1. The maximum absolute atomic E-state index is 13.0. The van der Waals surface area contributed by atoms with Crippen molar-refractivity contribution in [1.29, 1.82) is 0 Å². The number of amides is 1. The van der Waals surface area contributed by atoms with E-state index in [0.717, 1.165) is 25.7 Å². The molecule has 0 aromatic heterocycles. The summed E-state index contributed by atoms with van der Waals surface area (Å²) in [5.74, 6) is -0.730. The van der Waals surface area contributed by atoms with Gasteiger partial charge >= 0.3 is 5.97 Å². The molecule has 1 unspecified atom stereocenters. The smallest absolute Gasteiger partial charge is 0.310 e. The van der Waals surface area contributed by atoms with Crippen molar-refractivity contribution in [2.24, 2.45) is 5.92 Å². The average molecular weight is 388 g/mol. The molecule has 28 heavy (non-hydrogen) atoms. The predicted octanol–water partition coefficient (Wildman–Crippen LogP) is 4.40. The minimum absolute atomic E-state index is 0.0208. The van der Waals surface area contributed by atoms with Crippen molar-refractivity contribution in [2.75, 3.05) is 13.7 Å². The first-order chi connectivity index (χ1) is 13.5. The first kappa shape index (κ1) is 22.1. The molecule has 2 rings (SSSR count). The summed E-state index contributed by atoms with van der Waals surface area (Å²) in [4.78, 5) is 39.2. The molecule has 0 radical (unpaired) electrons. The number of hydrogen-bond donors (Lipinski definition) is 0. The number of hydrogen-bond acceptors (Lipinski definition) is 4. The second kappa shape index (κ2) is 11.6. The topological polar surface area (TPSA) is 63.7 Å². The van der Waals surface area contributed by atoms with E-state index < -0.39 is 0 Å². The lowest BCUT2D eigenvalue weighted by Gasteiger charge is -2.34. The number of carbonyl (C=O) groups is 3. The molecule has 1 fully saturated rings. The van der Waals surface area contributed by atoms with Gasteiger partial charge in [-0.15, -0.1) is 0 Å². The summed E-state index contributed by atoms with van der Waals surface area (Å²) in [5, 5.41) is 0. The zero-order valence-corrected chi connectivity index (χ0v) is 17.2. The molecule has 0 N–H and O–H groups in total. The summed E-state index contributed by atoms with van der Waals surface area (Å²) in [6.07, 6.45) is 8.14. The van der Waals surface area contributed by atoms with E-state index in [4.69, 9.17) is 4.74 Å². The minimum atomic E-state index is -0.371. The highest BCUT2D eigenvalue weighted by atomic mass is 16.5. The highest BCUT2D eigenvalue weighted by Crippen LogP contribution is 2.23. The molecule has 5 nitrogen and oxygen atoms in total. The van der Waals surface area contributed by atoms with Gasteiger partial charge in [0.15, 0.2) is 5.78 Å². The zero-order chi connectivity index (χ0) is 20.4. The molecular weight excluding hydrogens is 354 g/mol. The van der Waals surface area contributed by atoms with Crippen LogP contribution in [0, 0.1) is 5.92 Å². The van der Waals surface area contributed by atoms with Crippen molar-refractivity contribution in [3.8, 4) is 0 Å². The molecule has 1 aliphatic carbocycles. The Morgan fingerprint density at radius 1 is 1.00 bits per heavy atom. The van der Waals surface area contributed by atoms with Crippen LogP contribution in [0.3, 0.4) is 0 Å². The van der Waals surface area contributed by atoms with Crippen LogP contribution in [-0.4, -0.2) is 42.3 Å². The van der Waals surface area contributed by atoms with Crippen molar-refractivity contribution >= 4 is 17.7 Å². The van der Waals surface area contributed by atoms with Crippen molar-refractivity contribution in [3.05, 3.63) is 35.9 Å². The van der Waals surface area contributed by atoms with Crippen LogP contribution >= 0.6 is 0 Å². The van der Waals surface area contributed by atoms with Gasteiger partial charge in [-0.05, 0) is 12.8 Å². The second-order valence-electron chi connectivity index (χ2n) is 7.76. The van der Waals surface area contributed by atoms with Gasteiger partial charge in [-0.1, -0.05) is 69.4 Å². The summed E-state index contributed by atoms with van der Waals surface area (Å²) < 4.78 is 4.85. The van der Waals surface area contributed by atoms with Gasteiger partial charge in [0, 0.05) is 31.0 Å². The third kappa shape index (κ3) is 6.77. The normalized spacial score (nSPS) is 16.5. The maximum Gasteiger partial charge on any atom is 0.310 e. The van der Waals surface area contributed by atoms with E-state index in [0.29, 0.717) is 12.1 Å². The van der Waals surface area contributed by atoms with Crippen molar-refractivity contribution in [3.63, 3.8) is 0 Å². The molecule has 0 aliphatic heterocycles. The first-order valence-corrected chi connectivity index (χ1v) is 10.5. The number of Topliss-reactive ketones (excluding diaryl/α,β-unsaturated/α-hetero) is 1. The van der Waals surface area contributed by atoms with Crippen LogP contribution in [0.1, 0.15) is 75.1 Å². The first-order valence-electron chi connectivity index (χ1n) is 10.5. The van der Waals surface area contributed by atoms with Crippen LogP contribution < -0.4 is 0 Å². The van der Waals surface area contributed by atoms with Gasteiger partial charge in [0.25, 0.3) is 0 Å². The van der Waals surface area contributed by atoms with Crippen LogP contribution in [0.25, 0.3) is 0 Å². The SMILES string of the molecule is COC(=O)C(C)CN(C(=O)CCC(=O)c1ccccc1)C1CCCCCCC1. The van der Waals surface area contributed by atoms with Crippen molar-refractivity contribution < 1.29 is 19.1 Å². The fourth-order valence-electron chi connectivity index (χ4n) is 3.90. The van der Waals surface area contributed by atoms with Gasteiger partial charge in [-0.3, -0.25) is 14.4 Å². The highest BCUT2D eigenvalue weighted by molar-refractivity contribution is 5.97. The number of esters is 1. The molecule has 1 aliphatic rings. The number of rotatable bonds is 8. The Kier molecular flexibility index (Phi) is 9.18. The minimum Gasteiger partial charge on any atom is -0.469 e. The van der Waals surface area contributed by atoms with E-state index in [9.17, 15) is 14.4 Å².